The summed E-state index contributed by atoms with van der Waals surface area (Å²) >= 11 is 0. The number of hydrogen-bond donors (Lipinski definition) is 0. The molecule has 1 aliphatic rings. The Bertz CT molecular complexity index is 516. The molecule has 0 aromatic heterocycles. The average molecular weight is 564 g/mol. The van der Waals surface area contributed by atoms with Gasteiger partial charge in [-0.3, -0.25) is 0 Å². The second-order valence-electron chi connectivity index (χ2n) is 11.5. The van der Waals surface area contributed by atoms with Crippen LogP contribution in [0, 0.1) is 0 Å². The molecule has 0 radical (unpaired) electrons. The molecule has 0 aliphatic carbocycles. The lowest BCUT2D eigenvalue weighted by Gasteiger charge is -2.37. The van der Waals surface area contributed by atoms with Crippen LogP contribution in [0.1, 0.15) is 129 Å². The molecule has 0 aromatic rings. The molecule has 1 atom stereocenters. The van der Waals surface area contributed by atoms with Crippen LogP contribution in [0.4, 0.5) is 4.79 Å². The SMILES string of the molecule is CCCCCCCCCCCCCCCCCCOCC(COC(=O)OCC[N+]1(C)CCCCC1)OC.[Cl-]. The van der Waals surface area contributed by atoms with Crippen LogP contribution in [0.3, 0.4) is 0 Å². The maximum absolute atomic E-state index is 11.9. The summed E-state index contributed by atoms with van der Waals surface area (Å²) in [6, 6.07) is 0. The van der Waals surface area contributed by atoms with Crippen molar-refractivity contribution < 1.29 is 40.6 Å². The molecule has 1 aliphatic heterocycles. The third-order valence-corrected chi connectivity index (χ3v) is 7.91. The Morgan fingerprint density at radius 3 is 1.68 bits per heavy atom. The Balaban J connectivity index is 0.0000137. The number of unbranched alkanes of at least 4 members (excludes halogenated alkanes) is 15. The van der Waals surface area contributed by atoms with Crippen LogP contribution < -0.4 is 12.4 Å². The highest BCUT2D eigenvalue weighted by molar-refractivity contribution is 5.59. The van der Waals surface area contributed by atoms with Crippen LogP contribution in [0.2, 0.25) is 0 Å². The molecule has 1 saturated heterocycles. The molecule has 0 spiro atoms. The van der Waals surface area contributed by atoms with Crippen molar-refractivity contribution in [1.29, 1.82) is 0 Å². The van der Waals surface area contributed by atoms with Crippen molar-refractivity contribution in [2.24, 2.45) is 0 Å². The summed E-state index contributed by atoms with van der Waals surface area (Å²) in [5.74, 6) is 0. The van der Waals surface area contributed by atoms with Crippen molar-refractivity contribution >= 4 is 6.16 Å². The normalized spacial score (nSPS) is 15.6. The summed E-state index contributed by atoms with van der Waals surface area (Å²) in [4.78, 5) is 11.9. The maximum atomic E-state index is 11.9. The van der Waals surface area contributed by atoms with Crippen molar-refractivity contribution in [3.63, 3.8) is 0 Å². The third kappa shape index (κ3) is 22.3. The molecule has 228 valence electrons. The molecule has 0 saturated carbocycles. The largest absolute Gasteiger partial charge is 1.00 e. The molecular weight excluding hydrogens is 502 g/mol. The number of rotatable bonds is 25. The van der Waals surface area contributed by atoms with E-state index in [1.54, 1.807) is 7.11 Å². The summed E-state index contributed by atoms with van der Waals surface area (Å²) in [6.07, 6.45) is 24.9. The number of hydrogen-bond acceptors (Lipinski definition) is 5. The van der Waals surface area contributed by atoms with E-state index < -0.39 is 6.16 Å². The molecule has 0 bridgehead atoms. The zero-order valence-electron chi connectivity index (χ0n) is 25.3. The number of likely N-dealkylation sites (N-methyl/N-ethyl adjacent to an activating group) is 1. The molecule has 38 heavy (non-hydrogen) atoms. The second kappa shape index (κ2) is 26.7. The lowest BCUT2D eigenvalue weighted by molar-refractivity contribution is -0.914. The molecule has 7 heteroatoms. The highest BCUT2D eigenvalue weighted by Crippen LogP contribution is 2.16. The van der Waals surface area contributed by atoms with Crippen LogP contribution in [0.25, 0.3) is 0 Å². The molecule has 1 unspecified atom stereocenters. The van der Waals surface area contributed by atoms with Crippen LogP contribution in [-0.4, -0.2) is 77.0 Å². The Labute approximate surface area is 241 Å². The quantitative estimate of drug-likeness (QED) is 0.0882. The van der Waals surface area contributed by atoms with Crippen molar-refractivity contribution in [3.8, 4) is 0 Å². The lowest BCUT2D eigenvalue weighted by Crippen LogP contribution is -3.00. The molecule has 0 aromatic carbocycles. The fourth-order valence-electron chi connectivity index (χ4n) is 5.20. The van der Waals surface area contributed by atoms with E-state index in [-0.39, 0.29) is 25.1 Å². The molecule has 1 fully saturated rings. The maximum Gasteiger partial charge on any atom is 0.508 e. The number of likely N-dealkylation sites (tertiary alicyclic amines) is 1. The van der Waals surface area contributed by atoms with Gasteiger partial charge in [-0.2, -0.15) is 0 Å². The molecular formula is C31H62ClNO5. The number of methoxy groups -OCH3 is 1. The first-order valence-corrected chi connectivity index (χ1v) is 15.8. The Hall–Kier alpha value is -0.560. The van der Waals surface area contributed by atoms with Crippen molar-refractivity contribution in [1.82, 2.24) is 0 Å². The monoisotopic (exact) mass is 563 g/mol. The molecule has 1 heterocycles. The van der Waals surface area contributed by atoms with Gasteiger partial charge >= 0.3 is 6.16 Å². The zero-order valence-corrected chi connectivity index (χ0v) is 26.1. The minimum Gasteiger partial charge on any atom is -1.00 e. The molecule has 0 N–H and O–H groups in total. The van der Waals surface area contributed by atoms with E-state index in [4.69, 9.17) is 18.9 Å². The highest BCUT2D eigenvalue weighted by Gasteiger charge is 2.25. The van der Waals surface area contributed by atoms with Gasteiger partial charge in [0.2, 0.25) is 0 Å². The molecule has 1 rings (SSSR count). The number of carbonyl (C=O) groups is 1. The van der Waals surface area contributed by atoms with Gasteiger partial charge in [0, 0.05) is 13.7 Å². The van der Waals surface area contributed by atoms with E-state index >= 15 is 0 Å². The van der Waals surface area contributed by atoms with Gasteiger partial charge in [-0.1, -0.05) is 103 Å². The number of piperidine rings is 1. The van der Waals surface area contributed by atoms with Crippen LogP contribution in [0.5, 0.6) is 0 Å². The number of carbonyl (C=O) groups excluding carboxylic acids is 1. The summed E-state index contributed by atoms with van der Waals surface area (Å²) in [5.41, 5.74) is 0. The van der Waals surface area contributed by atoms with Gasteiger partial charge in [0.25, 0.3) is 0 Å². The number of quaternary nitrogens is 1. The summed E-state index contributed by atoms with van der Waals surface area (Å²) < 4.78 is 22.6. The smallest absolute Gasteiger partial charge is 0.508 e. The number of halogens is 1. The standard InChI is InChI=1S/C31H62NO5.ClH/c1-4-5-6-7-8-9-10-11-12-13-14-15-16-17-18-22-26-35-28-30(34-3)29-37-31(33)36-27-25-32(2)23-20-19-21-24-32;/h30H,4-29H2,1-3H3;1H/q+1;/p-1. The highest BCUT2D eigenvalue weighted by atomic mass is 35.5. The fourth-order valence-corrected chi connectivity index (χ4v) is 5.20. The zero-order chi connectivity index (χ0) is 26.9. The molecule has 6 nitrogen and oxygen atoms in total. The summed E-state index contributed by atoms with van der Waals surface area (Å²) in [5, 5.41) is 0. The first-order valence-electron chi connectivity index (χ1n) is 15.8. The van der Waals surface area contributed by atoms with E-state index in [2.05, 4.69) is 14.0 Å². The van der Waals surface area contributed by atoms with Gasteiger partial charge in [-0.25, -0.2) is 4.79 Å². The van der Waals surface area contributed by atoms with E-state index in [9.17, 15) is 4.79 Å². The van der Waals surface area contributed by atoms with Gasteiger partial charge < -0.3 is 35.8 Å². The van der Waals surface area contributed by atoms with Crippen LogP contribution in [0.15, 0.2) is 0 Å². The minimum absolute atomic E-state index is 0. The van der Waals surface area contributed by atoms with E-state index in [0.29, 0.717) is 13.2 Å². The average Bonchev–Trinajstić information content (AvgIpc) is 2.90. The predicted octanol–water partition coefficient (Wildman–Crippen LogP) is 5.07. The Kier molecular flexibility index (Phi) is 26.3. The number of nitrogens with zero attached hydrogens (tertiary/aromatic N) is 1. The van der Waals surface area contributed by atoms with Gasteiger partial charge in [-0.15, -0.1) is 0 Å². The van der Waals surface area contributed by atoms with Gasteiger partial charge in [-0.05, 0) is 25.7 Å². The van der Waals surface area contributed by atoms with Crippen LogP contribution in [-0.2, 0) is 18.9 Å². The van der Waals surface area contributed by atoms with Crippen molar-refractivity contribution in [2.75, 3.05) is 60.2 Å². The Morgan fingerprint density at radius 2 is 1.18 bits per heavy atom. The van der Waals surface area contributed by atoms with E-state index in [1.165, 1.54) is 129 Å². The Morgan fingerprint density at radius 1 is 0.684 bits per heavy atom. The predicted molar refractivity (Wildman–Crippen MR) is 153 cm³/mol. The lowest BCUT2D eigenvalue weighted by atomic mass is 10.0. The first kappa shape index (κ1) is 37.4. The van der Waals surface area contributed by atoms with E-state index in [1.807, 2.05) is 0 Å². The van der Waals surface area contributed by atoms with Gasteiger partial charge in [0.05, 0.1) is 26.7 Å². The van der Waals surface area contributed by atoms with Crippen LogP contribution >= 0.6 is 0 Å². The second-order valence-corrected chi connectivity index (χ2v) is 11.5. The summed E-state index contributed by atoms with van der Waals surface area (Å²) in [6.45, 7) is 7.22. The van der Waals surface area contributed by atoms with Gasteiger partial charge in [0.15, 0.2) is 0 Å². The fraction of sp³-hybridized carbons (Fsp3) is 0.968. The van der Waals surface area contributed by atoms with Crippen molar-refractivity contribution in [2.45, 2.75) is 135 Å². The minimum atomic E-state index is -0.608. The topological polar surface area (TPSA) is 54.0 Å². The third-order valence-electron chi connectivity index (χ3n) is 7.91. The molecule has 0 amide bonds. The first-order chi connectivity index (χ1) is 18.1. The van der Waals surface area contributed by atoms with Crippen molar-refractivity contribution in [3.05, 3.63) is 0 Å². The van der Waals surface area contributed by atoms with Gasteiger partial charge in [0.1, 0.15) is 25.9 Å². The van der Waals surface area contributed by atoms with E-state index in [0.717, 1.165) is 24.1 Å². The number of ether oxygens (including phenoxy) is 4. The summed E-state index contributed by atoms with van der Waals surface area (Å²) in [7, 11) is 3.87.